The Labute approximate surface area is 199 Å². The van der Waals surface area contributed by atoms with Gasteiger partial charge in [0.1, 0.15) is 0 Å². The molecule has 3 aliphatic rings. The van der Waals surface area contributed by atoms with Gasteiger partial charge in [0.25, 0.3) is 5.91 Å². The fraction of sp³-hybridized carbons (Fsp3) is 0.667. The number of carbonyl (C=O) groups excluding carboxylic acids is 3. The van der Waals surface area contributed by atoms with Gasteiger partial charge in [0.15, 0.2) is 5.78 Å². The number of ketones is 1. The van der Waals surface area contributed by atoms with E-state index in [0.29, 0.717) is 13.1 Å². The van der Waals surface area contributed by atoms with Crippen LogP contribution >= 0.6 is 0 Å². The zero-order chi connectivity index (χ0) is 23.5. The molecule has 2 amide bonds. The first-order valence-corrected chi connectivity index (χ1v) is 12.9. The second kappa shape index (κ2) is 10.4. The largest absolute Gasteiger partial charge is 0.341 e. The molecule has 1 saturated carbocycles. The van der Waals surface area contributed by atoms with Crippen molar-refractivity contribution < 1.29 is 15.8 Å². The second-order valence-electron chi connectivity index (χ2n) is 10.4. The van der Waals surface area contributed by atoms with E-state index in [4.69, 9.17) is 5.73 Å². The Kier molecular flexibility index (Phi) is 7.52. The number of amides is 2. The van der Waals surface area contributed by atoms with Crippen molar-refractivity contribution in [3.8, 4) is 0 Å². The van der Waals surface area contributed by atoms with Gasteiger partial charge in [-0.15, -0.1) is 0 Å². The molecular formula is C27H41N3O3. The van der Waals surface area contributed by atoms with Crippen LogP contribution in [-0.4, -0.2) is 59.6 Å². The quantitative estimate of drug-likeness (QED) is 0.708. The van der Waals surface area contributed by atoms with Gasteiger partial charge in [-0.3, -0.25) is 14.4 Å². The molecule has 1 aliphatic carbocycles. The van der Waals surface area contributed by atoms with Crippen molar-refractivity contribution in [1.29, 1.82) is 0 Å². The number of hydrogen-bond acceptors (Lipinski definition) is 4. The zero-order valence-corrected chi connectivity index (χ0v) is 20.2. The van der Waals surface area contributed by atoms with Gasteiger partial charge < -0.3 is 15.5 Å². The van der Waals surface area contributed by atoms with Gasteiger partial charge in [0.05, 0.1) is 12.6 Å². The summed E-state index contributed by atoms with van der Waals surface area (Å²) in [6, 6.07) is 5.95. The Morgan fingerprint density at radius 2 is 1.85 bits per heavy atom. The molecule has 1 saturated heterocycles. The number of hydrogen-bond donors (Lipinski definition) is 1. The van der Waals surface area contributed by atoms with Crippen molar-refractivity contribution in [3.63, 3.8) is 0 Å². The van der Waals surface area contributed by atoms with Crippen molar-refractivity contribution >= 4 is 17.6 Å². The van der Waals surface area contributed by atoms with Gasteiger partial charge in [-0.05, 0) is 55.2 Å². The van der Waals surface area contributed by atoms with Crippen LogP contribution in [0, 0.1) is 11.8 Å². The number of piperidine rings is 1. The van der Waals surface area contributed by atoms with Crippen LogP contribution in [0.4, 0.5) is 0 Å². The van der Waals surface area contributed by atoms with E-state index >= 15 is 0 Å². The molecule has 2 fully saturated rings. The zero-order valence-electron chi connectivity index (χ0n) is 20.2. The molecule has 0 radical (unpaired) electrons. The Morgan fingerprint density at radius 3 is 2.55 bits per heavy atom. The lowest BCUT2D eigenvalue weighted by Crippen LogP contribution is -2.53. The molecule has 6 heteroatoms. The SMILES string of the molecule is CC(C)C(=O)[C@@H](C1CCCCC1)N1CCc2ccc(C3CCCN(C(=O)CN)C3)cc2C1=O.[HH]. The van der Waals surface area contributed by atoms with Crippen LogP contribution < -0.4 is 5.73 Å². The van der Waals surface area contributed by atoms with Crippen molar-refractivity contribution in [1.82, 2.24) is 9.80 Å². The first-order chi connectivity index (χ1) is 15.9. The van der Waals surface area contributed by atoms with E-state index < -0.39 is 0 Å². The first kappa shape index (κ1) is 23.9. The third-order valence-corrected chi connectivity index (χ3v) is 7.96. The maximum absolute atomic E-state index is 13.8. The van der Waals surface area contributed by atoms with Gasteiger partial charge in [0, 0.05) is 38.5 Å². The monoisotopic (exact) mass is 455 g/mol. The summed E-state index contributed by atoms with van der Waals surface area (Å²) < 4.78 is 0. The van der Waals surface area contributed by atoms with E-state index in [1.165, 1.54) is 6.42 Å². The maximum atomic E-state index is 13.8. The van der Waals surface area contributed by atoms with E-state index in [0.717, 1.165) is 68.2 Å². The number of fused-ring (bicyclic) bond motifs is 1. The third-order valence-electron chi connectivity index (χ3n) is 7.96. The van der Waals surface area contributed by atoms with Crippen LogP contribution in [0.3, 0.4) is 0 Å². The number of nitrogens with zero attached hydrogens (tertiary/aromatic N) is 2. The highest BCUT2D eigenvalue weighted by Crippen LogP contribution is 2.35. The summed E-state index contributed by atoms with van der Waals surface area (Å²) in [5.41, 5.74) is 8.51. The Balaban J connectivity index is 0.00000324. The number of rotatable bonds is 6. The van der Waals surface area contributed by atoms with Crippen LogP contribution in [0.15, 0.2) is 18.2 Å². The Bertz CT molecular complexity index is 897. The molecule has 1 aromatic rings. The molecule has 33 heavy (non-hydrogen) atoms. The van der Waals surface area contributed by atoms with Crippen molar-refractivity contribution in [3.05, 3.63) is 34.9 Å². The molecular weight excluding hydrogens is 414 g/mol. The summed E-state index contributed by atoms with van der Waals surface area (Å²) in [5, 5.41) is 0. The molecule has 2 N–H and O–H groups in total. The molecule has 6 nitrogen and oxygen atoms in total. The average Bonchev–Trinajstić information content (AvgIpc) is 2.85. The lowest BCUT2D eigenvalue weighted by atomic mass is 9.78. The number of carbonyl (C=O) groups is 3. The van der Waals surface area contributed by atoms with E-state index in [1.54, 1.807) is 0 Å². The fourth-order valence-electron chi connectivity index (χ4n) is 6.06. The van der Waals surface area contributed by atoms with Gasteiger partial charge in [0.2, 0.25) is 5.91 Å². The van der Waals surface area contributed by atoms with Gasteiger partial charge >= 0.3 is 0 Å². The molecule has 0 spiro atoms. The Hall–Kier alpha value is -2.21. The molecule has 4 rings (SSSR count). The summed E-state index contributed by atoms with van der Waals surface area (Å²) in [7, 11) is 0. The lowest BCUT2D eigenvalue weighted by molar-refractivity contribution is -0.131. The maximum Gasteiger partial charge on any atom is 0.254 e. The minimum atomic E-state index is -0.304. The highest BCUT2D eigenvalue weighted by atomic mass is 16.2. The normalized spacial score (nSPS) is 22.9. The smallest absolute Gasteiger partial charge is 0.254 e. The number of Topliss-reactive ketones (excluding diaryl/α,β-unsaturated/α-hetero) is 1. The number of benzene rings is 1. The predicted octanol–water partition coefficient (Wildman–Crippen LogP) is 3.77. The van der Waals surface area contributed by atoms with Gasteiger partial charge in [-0.25, -0.2) is 0 Å². The molecule has 2 atom stereocenters. The molecule has 182 valence electrons. The molecule has 1 unspecified atom stereocenters. The summed E-state index contributed by atoms with van der Waals surface area (Å²) in [6.45, 7) is 5.98. The minimum Gasteiger partial charge on any atom is -0.341 e. The predicted molar refractivity (Wildman–Crippen MR) is 131 cm³/mol. The topological polar surface area (TPSA) is 83.7 Å². The first-order valence-electron chi connectivity index (χ1n) is 12.9. The van der Waals surface area contributed by atoms with Crippen LogP contribution in [0.25, 0.3) is 0 Å². The number of nitrogens with two attached hydrogens (primary N) is 1. The third kappa shape index (κ3) is 5.01. The van der Waals surface area contributed by atoms with Gasteiger partial charge in [-0.2, -0.15) is 0 Å². The van der Waals surface area contributed by atoms with Crippen LogP contribution in [0.1, 0.15) is 87.6 Å². The fourth-order valence-corrected chi connectivity index (χ4v) is 6.06. The average molecular weight is 456 g/mol. The number of likely N-dealkylation sites (tertiary alicyclic amines) is 1. The summed E-state index contributed by atoms with van der Waals surface area (Å²) >= 11 is 0. The summed E-state index contributed by atoms with van der Waals surface area (Å²) in [5.74, 6) is 0.616. The Morgan fingerprint density at radius 1 is 1.09 bits per heavy atom. The molecule has 2 heterocycles. The minimum absolute atomic E-state index is 0. The van der Waals surface area contributed by atoms with E-state index in [9.17, 15) is 14.4 Å². The second-order valence-corrected chi connectivity index (χ2v) is 10.4. The highest BCUT2D eigenvalue weighted by molar-refractivity contribution is 6.00. The van der Waals surface area contributed by atoms with Crippen LogP contribution in [0.5, 0.6) is 0 Å². The molecule has 1 aromatic carbocycles. The summed E-state index contributed by atoms with van der Waals surface area (Å²) in [4.78, 5) is 42.9. The van der Waals surface area contributed by atoms with Gasteiger partial charge in [-0.1, -0.05) is 45.2 Å². The summed E-state index contributed by atoms with van der Waals surface area (Å²) in [6.07, 6.45) is 8.33. The molecule has 0 bridgehead atoms. The van der Waals surface area contributed by atoms with Crippen molar-refractivity contribution in [2.45, 2.75) is 77.2 Å². The lowest BCUT2D eigenvalue weighted by Gasteiger charge is -2.41. The highest BCUT2D eigenvalue weighted by Gasteiger charge is 2.40. The standard InChI is InChI=1S/C27H39N3O3.H2/c1-18(2)26(32)25(20-7-4-3-5-8-20)30-14-12-19-10-11-21(15-23(19)27(30)33)22-9-6-13-29(17-22)24(31)16-28;/h10-11,15,18,20,22,25H,3-9,12-14,16-17,28H2,1-2H3;1H/t22?,25-;/m1./s1. The van der Waals surface area contributed by atoms with Crippen molar-refractivity contribution in [2.75, 3.05) is 26.2 Å². The van der Waals surface area contributed by atoms with Crippen LogP contribution in [0.2, 0.25) is 0 Å². The van der Waals surface area contributed by atoms with E-state index in [2.05, 4.69) is 12.1 Å². The van der Waals surface area contributed by atoms with E-state index in [1.807, 2.05) is 29.7 Å². The van der Waals surface area contributed by atoms with Crippen LogP contribution in [-0.2, 0) is 16.0 Å². The van der Waals surface area contributed by atoms with E-state index in [-0.39, 0.29) is 49.4 Å². The molecule has 2 aliphatic heterocycles. The van der Waals surface area contributed by atoms with Crippen molar-refractivity contribution in [2.24, 2.45) is 17.6 Å². The molecule has 0 aromatic heterocycles.